The second kappa shape index (κ2) is 9.97. The van der Waals surface area contributed by atoms with E-state index in [1.807, 2.05) is 11.4 Å². The zero-order valence-electron chi connectivity index (χ0n) is 13.2. The van der Waals surface area contributed by atoms with Crippen molar-refractivity contribution >= 4 is 51.3 Å². The summed E-state index contributed by atoms with van der Waals surface area (Å²) in [5.41, 5.74) is 1.03. The monoisotopic (exact) mass is 480 g/mol. The van der Waals surface area contributed by atoms with Gasteiger partial charge in [-0.15, -0.1) is 35.3 Å². The van der Waals surface area contributed by atoms with Crippen LogP contribution in [-0.4, -0.2) is 28.0 Å². The SMILES string of the molecule is CN=C(NCCc1ccc(S(N)(=O)=O)cc1)NCc1cccs1.I. The third kappa shape index (κ3) is 6.75. The first-order chi connectivity index (χ1) is 11.0. The zero-order valence-corrected chi connectivity index (χ0v) is 17.2. The normalized spacial score (nSPS) is 11.7. The Bertz CT molecular complexity index is 744. The molecule has 6 nitrogen and oxygen atoms in total. The van der Waals surface area contributed by atoms with Gasteiger partial charge in [0.15, 0.2) is 5.96 Å². The van der Waals surface area contributed by atoms with Crippen LogP contribution in [0.1, 0.15) is 10.4 Å². The smallest absolute Gasteiger partial charge is 0.238 e. The molecule has 0 amide bonds. The van der Waals surface area contributed by atoms with Crippen LogP contribution >= 0.6 is 35.3 Å². The fourth-order valence-electron chi connectivity index (χ4n) is 1.98. The average molecular weight is 480 g/mol. The molecule has 0 spiro atoms. The minimum Gasteiger partial charge on any atom is -0.356 e. The van der Waals surface area contributed by atoms with Gasteiger partial charge in [-0.2, -0.15) is 0 Å². The first kappa shape index (κ1) is 20.9. The van der Waals surface area contributed by atoms with Gasteiger partial charge in [0.2, 0.25) is 10.0 Å². The van der Waals surface area contributed by atoms with E-state index in [0.717, 1.165) is 24.5 Å². The van der Waals surface area contributed by atoms with Crippen LogP contribution in [0.25, 0.3) is 0 Å². The number of thiophene rings is 1. The molecule has 132 valence electrons. The summed E-state index contributed by atoms with van der Waals surface area (Å²) in [7, 11) is -1.90. The molecule has 24 heavy (non-hydrogen) atoms. The van der Waals surface area contributed by atoms with E-state index in [1.54, 1.807) is 30.5 Å². The molecule has 0 aliphatic heterocycles. The Morgan fingerprint density at radius 1 is 1.21 bits per heavy atom. The maximum Gasteiger partial charge on any atom is 0.238 e. The van der Waals surface area contributed by atoms with E-state index in [9.17, 15) is 8.42 Å². The van der Waals surface area contributed by atoms with E-state index in [4.69, 9.17) is 5.14 Å². The van der Waals surface area contributed by atoms with Gasteiger partial charge in [0.25, 0.3) is 0 Å². The molecule has 2 rings (SSSR count). The second-order valence-electron chi connectivity index (χ2n) is 4.87. The van der Waals surface area contributed by atoms with E-state index in [2.05, 4.69) is 21.7 Å². The third-order valence-corrected chi connectivity index (χ3v) is 5.00. The summed E-state index contributed by atoms with van der Waals surface area (Å²) in [4.78, 5) is 5.54. The zero-order chi connectivity index (χ0) is 16.7. The number of sulfonamides is 1. The van der Waals surface area contributed by atoms with Crippen LogP contribution in [0.5, 0.6) is 0 Å². The molecule has 0 radical (unpaired) electrons. The molecule has 2 aromatic rings. The number of halogens is 1. The molecule has 1 aromatic heterocycles. The molecule has 0 bridgehead atoms. The van der Waals surface area contributed by atoms with Gasteiger partial charge in [-0.3, -0.25) is 4.99 Å². The van der Waals surface area contributed by atoms with Gasteiger partial charge in [-0.1, -0.05) is 18.2 Å². The van der Waals surface area contributed by atoms with Gasteiger partial charge in [0, 0.05) is 18.5 Å². The number of nitrogens with one attached hydrogen (secondary N) is 2. The number of benzene rings is 1. The van der Waals surface area contributed by atoms with Crippen LogP contribution in [0, 0.1) is 0 Å². The molecule has 0 fully saturated rings. The topological polar surface area (TPSA) is 96.6 Å². The van der Waals surface area contributed by atoms with Crippen LogP contribution in [0.2, 0.25) is 0 Å². The Labute approximate surface area is 163 Å². The molecule has 1 heterocycles. The number of nitrogens with two attached hydrogens (primary N) is 1. The van der Waals surface area contributed by atoms with E-state index in [1.165, 1.54) is 17.0 Å². The summed E-state index contributed by atoms with van der Waals surface area (Å²) in [6.07, 6.45) is 0.755. The quantitative estimate of drug-likeness (QED) is 0.335. The lowest BCUT2D eigenvalue weighted by molar-refractivity contribution is 0.598. The van der Waals surface area contributed by atoms with E-state index in [-0.39, 0.29) is 28.9 Å². The van der Waals surface area contributed by atoms with Crippen molar-refractivity contribution in [2.75, 3.05) is 13.6 Å². The lowest BCUT2D eigenvalue weighted by Gasteiger charge is -2.11. The molecule has 9 heteroatoms. The minimum atomic E-state index is -3.63. The Morgan fingerprint density at radius 3 is 2.46 bits per heavy atom. The number of rotatable bonds is 6. The molecule has 1 aromatic carbocycles. The largest absolute Gasteiger partial charge is 0.356 e. The van der Waals surface area contributed by atoms with Gasteiger partial charge in [0.1, 0.15) is 0 Å². The van der Waals surface area contributed by atoms with Crippen LogP contribution in [0.4, 0.5) is 0 Å². The molecular weight excluding hydrogens is 459 g/mol. The van der Waals surface area contributed by atoms with Crippen LogP contribution in [0.3, 0.4) is 0 Å². The van der Waals surface area contributed by atoms with Crippen LogP contribution in [0.15, 0.2) is 51.7 Å². The van der Waals surface area contributed by atoms with E-state index >= 15 is 0 Å². The number of hydrogen-bond donors (Lipinski definition) is 3. The Morgan fingerprint density at radius 2 is 1.92 bits per heavy atom. The van der Waals surface area contributed by atoms with Crippen molar-refractivity contribution in [3.63, 3.8) is 0 Å². The summed E-state index contributed by atoms with van der Waals surface area (Å²) in [6.45, 7) is 1.43. The van der Waals surface area contributed by atoms with Crippen molar-refractivity contribution in [1.82, 2.24) is 10.6 Å². The maximum absolute atomic E-state index is 11.2. The summed E-state index contributed by atoms with van der Waals surface area (Å²) >= 11 is 1.69. The molecule has 0 aliphatic rings. The predicted molar refractivity (Wildman–Crippen MR) is 109 cm³/mol. The minimum absolute atomic E-state index is 0. The van der Waals surface area contributed by atoms with Crippen molar-refractivity contribution < 1.29 is 8.42 Å². The van der Waals surface area contributed by atoms with E-state index in [0.29, 0.717) is 6.54 Å². The summed E-state index contributed by atoms with van der Waals surface area (Å²) in [5, 5.41) is 13.6. The fraction of sp³-hybridized carbons (Fsp3) is 0.267. The third-order valence-electron chi connectivity index (χ3n) is 3.19. The molecule has 0 unspecified atom stereocenters. The van der Waals surface area contributed by atoms with Crippen LogP contribution < -0.4 is 15.8 Å². The Hall–Kier alpha value is -1.17. The highest BCUT2D eigenvalue weighted by Crippen LogP contribution is 2.09. The molecule has 0 saturated carbocycles. The summed E-state index contributed by atoms with van der Waals surface area (Å²) < 4.78 is 22.4. The first-order valence-corrected chi connectivity index (χ1v) is 9.50. The average Bonchev–Trinajstić information content (AvgIpc) is 3.03. The lowest BCUT2D eigenvalue weighted by Crippen LogP contribution is -2.37. The number of primary sulfonamides is 1. The molecule has 4 N–H and O–H groups in total. The Balaban J connectivity index is 0.00000288. The highest BCUT2D eigenvalue weighted by Gasteiger charge is 2.06. The standard InChI is InChI=1S/C15H20N4O2S2.HI/c1-17-15(19-11-13-3-2-10-22-13)18-9-8-12-4-6-14(7-5-12)23(16,20)21;/h2-7,10H,8-9,11H2,1H3,(H2,16,20,21)(H2,17,18,19);1H. The first-order valence-electron chi connectivity index (χ1n) is 7.07. The van der Waals surface area contributed by atoms with Crippen molar-refractivity contribution in [3.8, 4) is 0 Å². The molecule has 0 aliphatic carbocycles. The van der Waals surface area contributed by atoms with Gasteiger partial charge in [-0.25, -0.2) is 13.6 Å². The number of hydrogen-bond acceptors (Lipinski definition) is 4. The van der Waals surface area contributed by atoms with Crippen molar-refractivity contribution in [2.24, 2.45) is 10.1 Å². The maximum atomic E-state index is 11.2. The predicted octanol–water partition coefficient (Wildman–Crippen LogP) is 1.92. The number of nitrogens with zero attached hydrogens (tertiary/aromatic N) is 1. The lowest BCUT2D eigenvalue weighted by atomic mass is 10.1. The highest BCUT2D eigenvalue weighted by atomic mass is 127. The van der Waals surface area contributed by atoms with Gasteiger partial charge in [0.05, 0.1) is 11.4 Å². The molecular formula is C15H21IN4O2S2. The number of guanidine groups is 1. The Kier molecular flexibility index (Phi) is 8.67. The highest BCUT2D eigenvalue weighted by molar-refractivity contribution is 14.0. The van der Waals surface area contributed by atoms with Crippen LogP contribution in [-0.2, 0) is 23.0 Å². The van der Waals surface area contributed by atoms with Gasteiger partial charge in [-0.05, 0) is 35.6 Å². The van der Waals surface area contributed by atoms with Crippen molar-refractivity contribution in [2.45, 2.75) is 17.9 Å². The summed E-state index contributed by atoms with van der Waals surface area (Å²) in [6, 6.07) is 10.7. The number of aliphatic imine (C=N–C) groups is 1. The van der Waals surface area contributed by atoms with Crippen molar-refractivity contribution in [3.05, 3.63) is 52.2 Å². The molecule has 0 atom stereocenters. The van der Waals surface area contributed by atoms with E-state index < -0.39 is 10.0 Å². The molecule has 0 saturated heterocycles. The van der Waals surface area contributed by atoms with Crippen molar-refractivity contribution in [1.29, 1.82) is 0 Å². The van der Waals surface area contributed by atoms with Gasteiger partial charge < -0.3 is 10.6 Å². The fourth-order valence-corrected chi connectivity index (χ4v) is 3.14. The summed E-state index contributed by atoms with van der Waals surface area (Å²) in [5.74, 6) is 0.736. The second-order valence-corrected chi connectivity index (χ2v) is 7.46. The van der Waals surface area contributed by atoms with Gasteiger partial charge >= 0.3 is 0 Å².